The highest BCUT2D eigenvalue weighted by atomic mass is 35.5. The van der Waals surface area contributed by atoms with Crippen molar-refractivity contribution in [2.75, 3.05) is 20.1 Å². The van der Waals surface area contributed by atoms with Gasteiger partial charge in [0.05, 0.1) is 14.9 Å². The second-order valence-electron chi connectivity index (χ2n) is 7.44. The summed E-state index contributed by atoms with van der Waals surface area (Å²) in [6, 6.07) is 5.05. The zero-order valence-corrected chi connectivity index (χ0v) is 17.1. The fraction of sp³-hybridized carbons (Fsp3) is 0.667. The van der Waals surface area contributed by atoms with Gasteiger partial charge in [0.2, 0.25) is 10.0 Å². The Morgan fingerprint density at radius 2 is 1.76 bits per heavy atom. The first kappa shape index (κ1) is 19.4. The number of halogens is 2. The summed E-state index contributed by atoms with van der Waals surface area (Å²) in [5.41, 5.74) is 0. The zero-order chi connectivity index (χ0) is 18.2. The third kappa shape index (κ3) is 4.16. The molecule has 1 aromatic rings. The number of hydrogen-bond donors (Lipinski definition) is 0. The molecule has 1 aliphatic carbocycles. The molecule has 1 saturated heterocycles. The molecule has 2 atom stereocenters. The molecule has 1 aromatic carbocycles. The van der Waals surface area contributed by atoms with E-state index in [2.05, 4.69) is 11.8 Å². The highest BCUT2D eigenvalue weighted by Crippen LogP contribution is 2.33. The first-order valence-electron chi connectivity index (χ1n) is 8.96. The van der Waals surface area contributed by atoms with E-state index in [1.807, 2.05) is 0 Å². The lowest BCUT2D eigenvalue weighted by Crippen LogP contribution is -2.41. The van der Waals surface area contributed by atoms with E-state index in [1.165, 1.54) is 35.3 Å². The lowest BCUT2D eigenvalue weighted by molar-refractivity contribution is 0.136. The van der Waals surface area contributed by atoms with Crippen molar-refractivity contribution in [2.24, 2.45) is 5.92 Å². The van der Waals surface area contributed by atoms with Crippen LogP contribution in [0, 0.1) is 5.92 Å². The molecule has 0 aromatic heterocycles. The molecular formula is C18H26Cl2N2O2S. The average molecular weight is 405 g/mol. The van der Waals surface area contributed by atoms with E-state index in [0.717, 1.165) is 38.3 Å². The van der Waals surface area contributed by atoms with Gasteiger partial charge in [0.25, 0.3) is 0 Å². The Balaban J connectivity index is 1.68. The molecule has 2 aliphatic rings. The SMILES string of the molecule is CC1CCN([C@H]2CC[C@@H](N(C)S(=O)(=O)c3ccc(Cl)c(Cl)c3)C2)CC1. The third-order valence-corrected chi connectivity index (χ3v) is 8.44. The van der Waals surface area contributed by atoms with Crippen LogP contribution in [0.25, 0.3) is 0 Å². The molecule has 2 fully saturated rings. The summed E-state index contributed by atoms with van der Waals surface area (Å²) >= 11 is 11.9. The maximum Gasteiger partial charge on any atom is 0.243 e. The monoisotopic (exact) mass is 404 g/mol. The Bertz CT molecular complexity index is 718. The molecular weight excluding hydrogens is 379 g/mol. The van der Waals surface area contributed by atoms with Crippen LogP contribution in [-0.2, 0) is 10.0 Å². The van der Waals surface area contributed by atoms with Crippen molar-refractivity contribution >= 4 is 33.2 Å². The van der Waals surface area contributed by atoms with Crippen LogP contribution in [0.3, 0.4) is 0 Å². The van der Waals surface area contributed by atoms with Gasteiger partial charge < -0.3 is 4.90 Å². The van der Waals surface area contributed by atoms with E-state index in [-0.39, 0.29) is 16.0 Å². The van der Waals surface area contributed by atoms with E-state index in [4.69, 9.17) is 23.2 Å². The Kier molecular flexibility index (Phi) is 6.01. The van der Waals surface area contributed by atoms with E-state index >= 15 is 0 Å². The smallest absolute Gasteiger partial charge is 0.243 e. The van der Waals surface area contributed by atoms with Gasteiger partial charge in [-0.2, -0.15) is 4.31 Å². The predicted molar refractivity (Wildman–Crippen MR) is 103 cm³/mol. The lowest BCUT2D eigenvalue weighted by Gasteiger charge is -2.35. The van der Waals surface area contributed by atoms with Crippen LogP contribution >= 0.6 is 23.2 Å². The molecule has 4 nitrogen and oxygen atoms in total. The topological polar surface area (TPSA) is 40.6 Å². The average Bonchev–Trinajstić information content (AvgIpc) is 3.07. The van der Waals surface area contributed by atoms with Gasteiger partial charge in [0, 0.05) is 19.1 Å². The second-order valence-corrected chi connectivity index (χ2v) is 10.2. The number of benzene rings is 1. The molecule has 1 heterocycles. The van der Waals surface area contributed by atoms with Crippen molar-refractivity contribution in [3.63, 3.8) is 0 Å². The van der Waals surface area contributed by atoms with Crippen molar-refractivity contribution in [3.05, 3.63) is 28.2 Å². The maximum atomic E-state index is 12.9. The molecule has 1 saturated carbocycles. The molecule has 0 bridgehead atoms. The molecule has 0 N–H and O–H groups in total. The molecule has 1 aliphatic heterocycles. The first-order valence-corrected chi connectivity index (χ1v) is 11.2. The van der Waals surface area contributed by atoms with E-state index in [1.54, 1.807) is 7.05 Å². The van der Waals surface area contributed by atoms with Gasteiger partial charge in [-0.25, -0.2) is 8.42 Å². The molecule has 140 valence electrons. The molecule has 0 unspecified atom stereocenters. The number of likely N-dealkylation sites (tertiary alicyclic amines) is 1. The standard InChI is InChI=1S/C18H26Cl2N2O2S/c1-13-7-9-22(10-8-13)15-4-3-14(11-15)21(2)25(23,24)16-5-6-17(19)18(20)12-16/h5-6,12-15H,3-4,7-11H2,1-2H3/t14-,15+/m1/s1. The fourth-order valence-electron chi connectivity index (χ4n) is 3.99. The van der Waals surface area contributed by atoms with Crippen LogP contribution in [0.2, 0.25) is 10.0 Å². The predicted octanol–water partition coefficient (Wildman–Crippen LogP) is 4.27. The van der Waals surface area contributed by atoms with Gasteiger partial charge >= 0.3 is 0 Å². The summed E-state index contributed by atoms with van der Waals surface area (Å²) in [4.78, 5) is 2.76. The Hall–Kier alpha value is -0.330. The molecule has 3 rings (SSSR count). The minimum absolute atomic E-state index is 0.0452. The highest BCUT2D eigenvalue weighted by molar-refractivity contribution is 7.89. The molecule has 0 amide bonds. The molecule has 0 radical (unpaired) electrons. The first-order chi connectivity index (χ1) is 11.8. The number of hydrogen-bond acceptors (Lipinski definition) is 3. The summed E-state index contributed by atoms with van der Waals surface area (Å²) < 4.78 is 27.4. The van der Waals surface area contributed by atoms with Crippen molar-refractivity contribution in [1.29, 1.82) is 0 Å². The van der Waals surface area contributed by atoms with Crippen molar-refractivity contribution < 1.29 is 8.42 Å². The summed E-state index contributed by atoms with van der Waals surface area (Å²) in [6.45, 7) is 4.59. The zero-order valence-electron chi connectivity index (χ0n) is 14.8. The summed E-state index contributed by atoms with van der Waals surface area (Å²) in [7, 11) is -1.87. The van der Waals surface area contributed by atoms with Gasteiger partial charge in [0.1, 0.15) is 0 Å². The van der Waals surface area contributed by atoms with E-state index in [0.29, 0.717) is 11.1 Å². The number of rotatable bonds is 4. The van der Waals surface area contributed by atoms with Gasteiger partial charge in [0.15, 0.2) is 0 Å². The molecule has 25 heavy (non-hydrogen) atoms. The normalized spacial score (nSPS) is 26.4. The summed E-state index contributed by atoms with van der Waals surface area (Å²) in [6.07, 6.45) is 5.39. The van der Waals surface area contributed by atoms with Crippen LogP contribution in [0.5, 0.6) is 0 Å². The third-order valence-electron chi connectivity index (χ3n) is 5.79. The minimum Gasteiger partial charge on any atom is -0.300 e. The van der Waals surface area contributed by atoms with Gasteiger partial charge in [-0.3, -0.25) is 0 Å². The largest absolute Gasteiger partial charge is 0.300 e. The van der Waals surface area contributed by atoms with Gasteiger partial charge in [-0.15, -0.1) is 0 Å². The second kappa shape index (κ2) is 7.73. The van der Waals surface area contributed by atoms with Crippen molar-refractivity contribution in [2.45, 2.75) is 56.0 Å². The maximum absolute atomic E-state index is 12.9. The molecule has 0 spiro atoms. The van der Waals surface area contributed by atoms with Crippen LogP contribution in [0.15, 0.2) is 23.1 Å². The van der Waals surface area contributed by atoms with Crippen LogP contribution in [0.1, 0.15) is 39.0 Å². The lowest BCUT2D eigenvalue weighted by atomic mass is 9.97. The van der Waals surface area contributed by atoms with Crippen LogP contribution in [-0.4, -0.2) is 49.8 Å². The summed E-state index contributed by atoms with van der Waals surface area (Å²) in [5, 5.41) is 0.631. The van der Waals surface area contributed by atoms with Crippen molar-refractivity contribution in [1.82, 2.24) is 9.21 Å². The summed E-state index contributed by atoms with van der Waals surface area (Å²) in [5.74, 6) is 0.811. The number of sulfonamides is 1. The molecule has 7 heteroatoms. The quantitative estimate of drug-likeness (QED) is 0.751. The van der Waals surface area contributed by atoms with Gasteiger partial charge in [-0.05, 0) is 69.3 Å². The minimum atomic E-state index is -3.55. The fourth-order valence-corrected chi connectivity index (χ4v) is 5.78. The number of nitrogens with zero attached hydrogens (tertiary/aromatic N) is 2. The van der Waals surface area contributed by atoms with E-state index < -0.39 is 10.0 Å². The highest BCUT2D eigenvalue weighted by Gasteiger charge is 2.37. The van der Waals surface area contributed by atoms with Crippen LogP contribution < -0.4 is 0 Å². The Morgan fingerprint density at radius 1 is 1.08 bits per heavy atom. The Labute approximate surface area is 161 Å². The van der Waals surface area contributed by atoms with Crippen molar-refractivity contribution in [3.8, 4) is 0 Å². The Morgan fingerprint density at radius 3 is 2.40 bits per heavy atom. The van der Waals surface area contributed by atoms with Gasteiger partial charge in [-0.1, -0.05) is 30.1 Å². The van der Waals surface area contributed by atoms with E-state index in [9.17, 15) is 8.42 Å². The number of piperidine rings is 1. The van der Waals surface area contributed by atoms with Crippen LogP contribution in [0.4, 0.5) is 0 Å².